The summed E-state index contributed by atoms with van der Waals surface area (Å²) in [5, 5.41) is 0. The van der Waals surface area contributed by atoms with Crippen LogP contribution in [0, 0.1) is 5.92 Å². The molecule has 0 aliphatic heterocycles. The van der Waals surface area contributed by atoms with E-state index in [4.69, 9.17) is 0 Å². The molecular formula is C14H16OS. The lowest BCUT2D eigenvalue weighted by Crippen LogP contribution is -1.89. The maximum atomic E-state index is 11.1. The van der Waals surface area contributed by atoms with Crippen LogP contribution < -0.4 is 0 Å². The Morgan fingerprint density at radius 1 is 1.31 bits per heavy atom. The summed E-state index contributed by atoms with van der Waals surface area (Å²) in [6, 6.07) is 8.51. The Labute approximate surface area is 101 Å². The van der Waals surface area contributed by atoms with Crippen LogP contribution in [-0.2, 0) is 4.79 Å². The topological polar surface area (TPSA) is 17.1 Å². The normalized spacial score (nSPS) is 20.8. The van der Waals surface area contributed by atoms with Crippen molar-refractivity contribution in [2.24, 2.45) is 5.92 Å². The average molecular weight is 232 g/mol. The highest BCUT2D eigenvalue weighted by atomic mass is 32.2. The fraction of sp³-hybridized carbons (Fsp3) is 0.357. The van der Waals surface area contributed by atoms with Crippen LogP contribution in [0.25, 0.3) is 6.08 Å². The minimum absolute atomic E-state index is 0.410. The monoisotopic (exact) mass is 232 g/mol. The lowest BCUT2D eigenvalue weighted by molar-refractivity contribution is -0.117. The van der Waals surface area contributed by atoms with Crippen LogP contribution in [0.15, 0.2) is 35.2 Å². The SMILES string of the molecule is CSc1ccc(/C=C/[C@H]2CCC(=O)C2)cc1. The fourth-order valence-electron chi connectivity index (χ4n) is 1.97. The molecule has 0 aromatic heterocycles. The van der Waals surface area contributed by atoms with Gasteiger partial charge >= 0.3 is 0 Å². The second kappa shape index (κ2) is 5.35. The molecular weight excluding hydrogens is 216 g/mol. The van der Waals surface area contributed by atoms with E-state index >= 15 is 0 Å². The standard InChI is InChI=1S/C14H16OS/c1-16-14-8-5-11(6-9-14)2-3-12-4-7-13(15)10-12/h2-3,5-6,8-9,12H,4,7,10H2,1H3/b3-2+/t12-/m0/s1. The summed E-state index contributed by atoms with van der Waals surface area (Å²) in [5.41, 5.74) is 1.22. The Bertz CT molecular complexity index is 392. The van der Waals surface area contributed by atoms with Gasteiger partial charge in [-0.3, -0.25) is 4.79 Å². The molecule has 0 radical (unpaired) electrons. The molecule has 1 saturated carbocycles. The second-order valence-corrected chi connectivity index (χ2v) is 5.05. The molecule has 16 heavy (non-hydrogen) atoms. The maximum absolute atomic E-state index is 11.1. The van der Waals surface area contributed by atoms with Gasteiger partial charge < -0.3 is 0 Å². The number of rotatable bonds is 3. The van der Waals surface area contributed by atoms with Crippen molar-refractivity contribution in [1.29, 1.82) is 0 Å². The number of hydrogen-bond acceptors (Lipinski definition) is 2. The summed E-state index contributed by atoms with van der Waals surface area (Å²) in [7, 11) is 0. The summed E-state index contributed by atoms with van der Waals surface area (Å²) in [6.45, 7) is 0. The predicted octanol–water partition coefficient (Wildman–Crippen LogP) is 3.79. The fourth-order valence-corrected chi connectivity index (χ4v) is 2.38. The molecule has 2 rings (SSSR count). The van der Waals surface area contributed by atoms with E-state index in [-0.39, 0.29) is 0 Å². The number of carbonyl (C=O) groups excluding carboxylic acids is 1. The van der Waals surface area contributed by atoms with Gasteiger partial charge in [0.25, 0.3) is 0 Å². The second-order valence-electron chi connectivity index (χ2n) is 4.17. The maximum Gasteiger partial charge on any atom is 0.133 e. The number of ketones is 1. The van der Waals surface area contributed by atoms with E-state index in [1.807, 2.05) is 0 Å². The van der Waals surface area contributed by atoms with Crippen LogP contribution >= 0.6 is 11.8 Å². The zero-order valence-electron chi connectivity index (χ0n) is 9.48. The van der Waals surface area contributed by atoms with Crippen LogP contribution in [0.2, 0.25) is 0 Å². The average Bonchev–Trinajstić information content (AvgIpc) is 2.73. The van der Waals surface area contributed by atoms with Gasteiger partial charge in [0.15, 0.2) is 0 Å². The molecule has 1 aliphatic carbocycles. The zero-order valence-corrected chi connectivity index (χ0v) is 10.3. The summed E-state index contributed by atoms with van der Waals surface area (Å²) >= 11 is 1.75. The van der Waals surface area contributed by atoms with Gasteiger partial charge in [0.1, 0.15) is 5.78 Å². The zero-order chi connectivity index (χ0) is 11.4. The van der Waals surface area contributed by atoms with Crippen molar-refractivity contribution in [2.45, 2.75) is 24.2 Å². The first kappa shape index (κ1) is 11.5. The van der Waals surface area contributed by atoms with Gasteiger partial charge in [-0.25, -0.2) is 0 Å². The van der Waals surface area contributed by atoms with E-state index in [0.717, 1.165) is 19.3 Å². The van der Waals surface area contributed by atoms with Gasteiger partial charge in [0.05, 0.1) is 0 Å². The minimum atomic E-state index is 0.410. The van der Waals surface area contributed by atoms with Gasteiger partial charge in [-0.15, -0.1) is 11.8 Å². The van der Waals surface area contributed by atoms with E-state index in [1.165, 1.54) is 10.5 Å². The molecule has 0 amide bonds. The highest BCUT2D eigenvalue weighted by molar-refractivity contribution is 7.98. The molecule has 1 aromatic carbocycles. The van der Waals surface area contributed by atoms with Crippen molar-refractivity contribution in [3.63, 3.8) is 0 Å². The molecule has 0 bridgehead atoms. The molecule has 1 fully saturated rings. The lowest BCUT2D eigenvalue weighted by atomic mass is 10.1. The number of allylic oxidation sites excluding steroid dienone is 1. The van der Waals surface area contributed by atoms with Crippen molar-refractivity contribution in [3.05, 3.63) is 35.9 Å². The van der Waals surface area contributed by atoms with E-state index < -0.39 is 0 Å². The van der Waals surface area contributed by atoms with Crippen molar-refractivity contribution in [1.82, 2.24) is 0 Å². The number of thioether (sulfide) groups is 1. The molecule has 1 nitrogen and oxygen atoms in total. The first-order valence-electron chi connectivity index (χ1n) is 5.62. The Morgan fingerprint density at radius 3 is 2.62 bits per heavy atom. The van der Waals surface area contributed by atoms with Crippen LogP contribution in [0.4, 0.5) is 0 Å². The Kier molecular flexibility index (Phi) is 3.83. The first-order valence-corrected chi connectivity index (χ1v) is 6.84. The molecule has 1 aromatic rings. The third-order valence-corrected chi connectivity index (χ3v) is 3.70. The Morgan fingerprint density at radius 2 is 2.06 bits per heavy atom. The van der Waals surface area contributed by atoms with Gasteiger partial charge in [0, 0.05) is 17.7 Å². The van der Waals surface area contributed by atoms with Crippen molar-refractivity contribution < 1.29 is 4.79 Å². The summed E-state index contributed by atoms with van der Waals surface area (Å²) < 4.78 is 0. The Balaban J connectivity index is 1.97. The molecule has 0 N–H and O–H groups in total. The molecule has 2 heteroatoms. The van der Waals surface area contributed by atoms with Gasteiger partial charge in [0.2, 0.25) is 0 Å². The van der Waals surface area contributed by atoms with E-state index in [2.05, 4.69) is 42.7 Å². The lowest BCUT2D eigenvalue weighted by Gasteiger charge is -2.00. The smallest absolute Gasteiger partial charge is 0.133 e. The highest BCUT2D eigenvalue weighted by Gasteiger charge is 2.19. The number of benzene rings is 1. The highest BCUT2D eigenvalue weighted by Crippen LogP contribution is 2.24. The quantitative estimate of drug-likeness (QED) is 0.737. The molecule has 0 unspecified atom stereocenters. The van der Waals surface area contributed by atoms with Crippen molar-refractivity contribution in [3.8, 4) is 0 Å². The molecule has 1 atom stereocenters. The number of hydrogen-bond donors (Lipinski definition) is 0. The number of carbonyl (C=O) groups is 1. The summed E-state index contributed by atoms with van der Waals surface area (Å²) in [6.07, 6.45) is 8.92. The van der Waals surface area contributed by atoms with Gasteiger partial charge in [-0.2, -0.15) is 0 Å². The van der Waals surface area contributed by atoms with Gasteiger partial charge in [-0.05, 0) is 36.3 Å². The van der Waals surface area contributed by atoms with Crippen LogP contribution in [0.1, 0.15) is 24.8 Å². The van der Waals surface area contributed by atoms with Crippen LogP contribution in [0.3, 0.4) is 0 Å². The first-order chi connectivity index (χ1) is 7.78. The Hall–Kier alpha value is -1.02. The van der Waals surface area contributed by atoms with Crippen molar-refractivity contribution in [2.75, 3.05) is 6.26 Å². The molecule has 0 spiro atoms. The van der Waals surface area contributed by atoms with Crippen molar-refractivity contribution >= 4 is 23.6 Å². The van der Waals surface area contributed by atoms with Gasteiger partial charge in [-0.1, -0.05) is 24.3 Å². The van der Waals surface area contributed by atoms with E-state index in [0.29, 0.717) is 11.7 Å². The summed E-state index contributed by atoms with van der Waals surface area (Å²) in [5.74, 6) is 0.875. The van der Waals surface area contributed by atoms with Crippen LogP contribution in [-0.4, -0.2) is 12.0 Å². The van der Waals surface area contributed by atoms with Crippen LogP contribution in [0.5, 0.6) is 0 Å². The third-order valence-electron chi connectivity index (χ3n) is 2.96. The largest absolute Gasteiger partial charge is 0.300 e. The molecule has 84 valence electrons. The van der Waals surface area contributed by atoms with E-state index in [1.54, 1.807) is 11.8 Å². The number of Topliss-reactive ketones (excluding diaryl/α,β-unsaturated/α-hetero) is 1. The van der Waals surface area contributed by atoms with E-state index in [9.17, 15) is 4.79 Å². The third kappa shape index (κ3) is 2.99. The molecule has 0 heterocycles. The summed E-state index contributed by atoms with van der Waals surface area (Å²) in [4.78, 5) is 12.4. The minimum Gasteiger partial charge on any atom is -0.300 e. The molecule has 1 aliphatic rings. The predicted molar refractivity (Wildman–Crippen MR) is 69.6 cm³/mol. The molecule has 0 saturated heterocycles.